The zero-order valence-electron chi connectivity index (χ0n) is 13.3. The van der Waals surface area contributed by atoms with Crippen LogP contribution in [-0.2, 0) is 11.2 Å². The minimum absolute atomic E-state index is 0.0714. The molecule has 0 bridgehead atoms. The summed E-state index contributed by atoms with van der Waals surface area (Å²) in [5, 5.41) is 3.09. The molecule has 5 heteroatoms. The molecule has 1 aromatic carbocycles. The van der Waals surface area contributed by atoms with Crippen LogP contribution in [0.2, 0.25) is 0 Å². The number of rotatable bonds is 7. The van der Waals surface area contributed by atoms with Crippen LogP contribution in [-0.4, -0.2) is 62.4 Å². The summed E-state index contributed by atoms with van der Waals surface area (Å²) in [5.41, 5.74) is 1.69. The molecular formula is C16H25N3O2. The molecule has 1 aromatic rings. The Morgan fingerprint density at radius 2 is 1.86 bits per heavy atom. The Morgan fingerprint density at radius 3 is 2.43 bits per heavy atom. The quantitative estimate of drug-likeness (QED) is 0.815. The standard InChI is InChI=1S/C16H25N3O2/c1-5-19(12-15(20)18(3)4)16(21)14-9-7-6-8-13(14)10-11-17-2/h6-9,17H,5,10-12H2,1-4H3. The maximum atomic E-state index is 12.7. The Hall–Kier alpha value is -1.88. The van der Waals surface area contributed by atoms with Crippen LogP contribution < -0.4 is 5.32 Å². The number of amides is 2. The molecule has 0 aliphatic rings. The maximum Gasteiger partial charge on any atom is 0.254 e. The molecule has 21 heavy (non-hydrogen) atoms. The highest BCUT2D eigenvalue weighted by Crippen LogP contribution is 2.12. The van der Waals surface area contributed by atoms with Crippen LogP contribution in [0.15, 0.2) is 24.3 Å². The van der Waals surface area contributed by atoms with Crippen molar-refractivity contribution in [3.05, 3.63) is 35.4 Å². The van der Waals surface area contributed by atoms with Gasteiger partial charge in [0, 0.05) is 26.2 Å². The average molecular weight is 291 g/mol. The normalized spacial score (nSPS) is 10.3. The van der Waals surface area contributed by atoms with Gasteiger partial charge in [0.25, 0.3) is 5.91 Å². The first-order valence-electron chi connectivity index (χ1n) is 7.23. The maximum absolute atomic E-state index is 12.7. The van der Waals surface area contributed by atoms with Crippen LogP contribution >= 0.6 is 0 Å². The SMILES string of the molecule is CCN(CC(=O)N(C)C)C(=O)c1ccccc1CCNC. The molecule has 0 aromatic heterocycles. The van der Waals surface area contributed by atoms with Crippen molar-refractivity contribution in [2.45, 2.75) is 13.3 Å². The highest BCUT2D eigenvalue weighted by Gasteiger charge is 2.20. The average Bonchev–Trinajstić information content (AvgIpc) is 2.49. The van der Waals surface area contributed by atoms with Crippen LogP contribution in [0.5, 0.6) is 0 Å². The van der Waals surface area contributed by atoms with E-state index < -0.39 is 0 Å². The number of hydrogen-bond donors (Lipinski definition) is 1. The van der Waals surface area contributed by atoms with Crippen molar-refractivity contribution in [1.82, 2.24) is 15.1 Å². The summed E-state index contributed by atoms with van der Waals surface area (Å²) in [6, 6.07) is 7.59. The molecule has 0 radical (unpaired) electrons. The van der Waals surface area contributed by atoms with Crippen molar-refractivity contribution in [1.29, 1.82) is 0 Å². The molecule has 1 rings (SSSR count). The van der Waals surface area contributed by atoms with Crippen molar-refractivity contribution in [2.24, 2.45) is 0 Å². The Morgan fingerprint density at radius 1 is 1.19 bits per heavy atom. The lowest BCUT2D eigenvalue weighted by atomic mass is 10.0. The summed E-state index contributed by atoms with van der Waals surface area (Å²) in [6.45, 7) is 3.32. The second-order valence-electron chi connectivity index (χ2n) is 5.12. The molecule has 0 saturated heterocycles. The van der Waals surface area contributed by atoms with E-state index in [0.717, 1.165) is 18.5 Å². The van der Waals surface area contributed by atoms with E-state index in [9.17, 15) is 9.59 Å². The summed E-state index contributed by atoms with van der Waals surface area (Å²) >= 11 is 0. The first kappa shape index (κ1) is 17.2. The van der Waals surface area contributed by atoms with Gasteiger partial charge in [-0.1, -0.05) is 18.2 Å². The first-order valence-corrected chi connectivity index (χ1v) is 7.23. The van der Waals surface area contributed by atoms with E-state index in [-0.39, 0.29) is 18.4 Å². The van der Waals surface area contributed by atoms with Crippen LogP contribution in [0.4, 0.5) is 0 Å². The number of carbonyl (C=O) groups excluding carboxylic acids is 2. The Labute approximate surface area is 126 Å². The van der Waals surface area contributed by atoms with Crippen LogP contribution in [0, 0.1) is 0 Å². The highest BCUT2D eigenvalue weighted by atomic mass is 16.2. The summed E-state index contributed by atoms with van der Waals surface area (Å²) in [6.07, 6.45) is 0.789. The molecule has 0 spiro atoms. The van der Waals surface area contributed by atoms with Gasteiger partial charge in [0.2, 0.25) is 5.91 Å². The van der Waals surface area contributed by atoms with Gasteiger partial charge < -0.3 is 15.1 Å². The molecule has 0 aliphatic carbocycles. The topological polar surface area (TPSA) is 52.7 Å². The zero-order valence-corrected chi connectivity index (χ0v) is 13.3. The molecule has 116 valence electrons. The Bertz CT molecular complexity index is 486. The lowest BCUT2D eigenvalue weighted by Crippen LogP contribution is -2.40. The van der Waals surface area contributed by atoms with Crippen LogP contribution in [0.3, 0.4) is 0 Å². The largest absolute Gasteiger partial charge is 0.347 e. The van der Waals surface area contributed by atoms with Gasteiger partial charge in [0.1, 0.15) is 0 Å². The number of nitrogens with one attached hydrogen (secondary N) is 1. The highest BCUT2D eigenvalue weighted by molar-refractivity contribution is 5.97. The summed E-state index contributed by atoms with van der Waals surface area (Å²) in [5.74, 6) is -0.155. The fraction of sp³-hybridized carbons (Fsp3) is 0.500. The van der Waals surface area contributed by atoms with Gasteiger partial charge in [-0.05, 0) is 38.6 Å². The fourth-order valence-electron chi connectivity index (χ4n) is 2.01. The smallest absolute Gasteiger partial charge is 0.254 e. The van der Waals surface area contributed by atoms with Crippen molar-refractivity contribution in [3.63, 3.8) is 0 Å². The second kappa shape index (κ2) is 8.42. The van der Waals surface area contributed by atoms with Crippen molar-refractivity contribution >= 4 is 11.8 Å². The van der Waals surface area contributed by atoms with Crippen LogP contribution in [0.25, 0.3) is 0 Å². The molecule has 0 heterocycles. The van der Waals surface area contributed by atoms with E-state index in [1.165, 1.54) is 4.90 Å². The summed E-state index contributed by atoms with van der Waals surface area (Å²) < 4.78 is 0. The van der Waals surface area contributed by atoms with Gasteiger partial charge >= 0.3 is 0 Å². The molecular weight excluding hydrogens is 266 g/mol. The van der Waals surface area contributed by atoms with E-state index in [0.29, 0.717) is 12.1 Å². The van der Waals surface area contributed by atoms with Gasteiger partial charge in [-0.15, -0.1) is 0 Å². The number of benzene rings is 1. The predicted molar refractivity (Wildman–Crippen MR) is 84.3 cm³/mol. The molecule has 2 amide bonds. The van der Waals surface area contributed by atoms with Gasteiger partial charge in [0.15, 0.2) is 0 Å². The summed E-state index contributed by atoms with van der Waals surface area (Å²) in [4.78, 5) is 27.6. The predicted octanol–water partition coefficient (Wildman–Crippen LogP) is 0.999. The number of carbonyl (C=O) groups is 2. The lowest BCUT2D eigenvalue weighted by Gasteiger charge is -2.23. The molecule has 5 nitrogen and oxygen atoms in total. The third kappa shape index (κ3) is 4.86. The third-order valence-electron chi connectivity index (χ3n) is 3.39. The number of likely N-dealkylation sites (N-methyl/N-ethyl adjacent to an activating group) is 3. The van der Waals surface area contributed by atoms with Gasteiger partial charge in [-0.25, -0.2) is 0 Å². The first-order chi connectivity index (χ1) is 10.0. The summed E-state index contributed by atoms with van der Waals surface area (Å²) in [7, 11) is 5.28. The monoisotopic (exact) mass is 291 g/mol. The molecule has 0 atom stereocenters. The van der Waals surface area contributed by atoms with Crippen molar-refractivity contribution in [3.8, 4) is 0 Å². The number of nitrogens with zero attached hydrogens (tertiary/aromatic N) is 2. The minimum Gasteiger partial charge on any atom is -0.347 e. The Balaban J connectivity index is 2.92. The van der Waals surface area contributed by atoms with E-state index in [1.54, 1.807) is 19.0 Å². The van der Waals surface area contributed by atoms with E-state index in [1.807, 2.05) is 38.2 Å². The van der Waals surface area contributed by atoms with Gasteiger partial charge in [0.05, 0.1) is 6.54 Å². The number of hydrogen-bond acceptors (Lipinski definition) is 3. The molecule has 1 N–H and O–H groups in total. The molecule has 0 aliphatic heterocycles. The van der Waals surface area contributed by atoms with E-state index in [4.69, 9.17) is 0 Å². The van der Waals surface area contributed by atoms with E-state index >= 15 is 0 Å². The van der Waals surface area contributed by atoms with Crippen molar-refractivity contribution < 1.29 is 9.59 Å². The lowest BCUT2D eigenvalue weighted by molar-refractivity contribution is -0.129. The zero-order chi connectivity index (χ0) is 15.8. The van der Waals surface area contributed by atoms with Crippen molar-refractivity contribution in [2.75, 3.05) is 40.8 Å². The third-order valence-corrected chi connectivity index (χ3v) is 3.39. The Kier molecular flexibility index (Phi) is 6.88. The second-order valence-corrected chi connectivity index (χ2v) is 5.12. The van der Waals surface area contributed by atoms with Gasteiger partial charge in [-0.2, -0.15) is 0 Å². The molecule has 0 unspecified atom stereocenters. The fourth-order valence-corrected chi connectivity index (χ4v) is 2.01. The molecule has 0 saturated carbocycles. The molecule has 0 fully saturated rings. The minimum atomic E-state index is -0.0839. The van der Waals surface area contributed by atoms with Crippen LogP contribution in [0.1, 0.15) is 22.8 Å². The van der Waals surface area contributed by atoms with E-state index in [2.05, 4.69) is 5.32 Å². The van der Waals surface area contributed by atoms with Gasteiger partial charge in [-0.3, -0.25) is 9.59 Å².